The number of benzene rings is 1. The van der Waals surface area contributed by atoms with Crippen molar-refractivity contribution in [1.82, 2.24) is 9.97 Å². The molecule has 2 N–H and O–H groups in total. The molecule has 2 aromatic rings. The molecule has 0 aliphatic rings. The molecular formula is C13H16BrN5. The molecule has 6 heteroatoms. The summed E-state index contributed by atoms with van der Waals surface area (Å²) < 4.78 is 0.814. The molecule has 0 amide bonds. The standard InChI is InChI=1S/C13H16BrN5/c1-15-12-11(14)13(17-8-16-12)18-9-4-6-10(7-5-9)19(2)3/h4-8H,1-3H3,(H2,15,16,17,18). The predicted octanol–water partition coefficient (Wildman–Crippen LogP) is 3.09. The lowest BCUT2D eigenvalue weighted by Crippen LogP contribution is -2.08. The average molecular weight is 322 g/mol. The van der Waals surface area contributed by atoms with Crippen LogP contribution < -0.4 is 15.5 Å². The molecule has 0 saturated carbocycles. The fraction of sp³-hybridized carbons (Fsp3) is 0.231. The monoisotopic (exact) mass is 321 g/mol. The summed E-state index contributed by atoms with van der Waals surface area (Å²) >= 11 is 3.48. The van der Waals surface area contributed by atoms with E-state index in [1.165, 1.54) is 6.33 Å². The smallest absolute Gasteiger partial charge is 0.150 e. The highest BCUT2D eigenvalue weighted by Gasteiger charge is 2.07. The van der Waals surface area contributed by atoms with Gasteiger partial charge in [-0.2, -0.15) is 0 Å². The van der Waals surface area contributed by atoms with E-state index in [4.69, 9.17) is 0 Å². The summed E-state index contributed by atoms with van der Waals surface area (Å²) in [5, 5.41) is 6.26. The Bertz CT molecular complexity index is 553. The Hall–Kier alpha value is -1.82. The Morgan fingerprint density at radius 1 is 1.05 bits per heavy atom. The Morgan fingerprint density at radius 2 is 1.68 bits per heavy atom. The van der Waals surface area contributed by atoms with Crippen molar-refractivity contribution in [2.75, 3.05) is 36.7 Å². The number of hydrogen-bond acceptors (Lipinski definition) is 5. The third-order valence-electron chi connectivity index (χ3n) is 2.67. The highest BCUT2D eigenvalue weighted by Crippen LogP contribution is 2.29. The van der Waals surface area contributed by atoms with Crippen molar-refractivity contribution in [1.29, 1.82) is 0 Å². The number of aromatic nitrogens is 2. The minimum absolute atomic E-state index is 0.733. The average Bonchev–Trinajstić information content (AvgIpc) is 2.42. The van der Waals surface area contributed by atoms with Gasteiger partial charge in [-0.15, -0.1) is 0 Å². The Morgan fingerprint density at radius 3 is 2.26 bits per heavy atom. The maximum absolute atomic E-state index is 4.22. The van der Waals surface area contributed by atoms with E-state index in [9.17, 15) is 0 Å². The van der Waals surface area contributed by atoms with Gasteiger partial charge in [0.25, 0.3) is 0 Å². The van der Waals surface area contributed by atoms with Crippen molar-refractivity contribution in [2.24, 2.45) is 0 Å². The molecule has 0 radical (unpaired) electrons. The fourth-order valence-corrected chi connectivity index (χ4v) is 2.11. The third kappa shape index (κ3) is 3.14. The maximum atomic E-state index is 4.22. The highest BCUT2D eigenvalue weighted by molar-refractivity contribution is 9.10. The molecule has 5 nitrogen and oxygen atoms in total. The van der Waals surface area contributed by atoms with Crippen LogP contribution in [0.3, 0.4) is 0 Å². The van der Waals surface area contributed by atoms with Crippen LogP contribution in [0.5, 0.6) is 0 Å². The van der Waals surface area contributed by atoms with E-state index in [2.05, 4.69) is 53.6 Å². The fourth-order valence-electron chi connectivity index (χ4n) is 1.61. The summed E-state index contributed by atoms with van der Waals surface area (Å²) in [7, 11) is 5.86. The first kappa shape index (κ1) is 13.6. The van der Waals surface area contributed by atoms with Gasteiger partial charge in [-0.25, -0.2) is 9.97 Å². The number of anilines is 4. The normalized spacial score (nSPS) is 10.1. The summed E-state index contributed by atoms with van der Waals surface area (Å²) in [6, 6.07) is 8.14. The van der Waals surface area contributed by atoms with Gasteiger partial charge in [0.2, 0.25) is 0 Å². The zero-order valence-electron chi connectivity index (χ0n) is 11.1. The molecule has 0 bridgehead atoms. The Balaban J connectivity index is 2.21. The van der Waals surface area contributed by atoms with E-state index >= 15 is 0 Å². The van der Waals surface area contributed by atoms with Gasteiger partial charge in [-0.1, -0.05) is 0 Å². The summed E-state index contributed by atoms with van der Waals surface area (Å²) in [4.78, 5) is 10.4. The number of hydrogen-bond donors (Lipinski definition) is 2. The van der Waals surface area contributed by atoms with E-state index in [0.717, 1.165) is 27.5 Å². The topological polar surface area (TPSA) is 53.1 Å². The van der Waals surface area contributed by atoms with Crippen LogP contribution in [0.25, 0.3) is 0 Å². The van der Waals surface area contributed by atoms with Gasteiger partial charge in [-0.05, 0) is 40.2 Å². The second kappa shape index (κ2) is 5.88. The quantitative estimate of drug-likeness (QED) is 0.906. The molecule has 0 atom stereocenters. The summed E-state index contributed by atoms with van der Waals surface area (Å²) in [5.41, 5.74) is 2.13. The first-order valence-electron chi connectivity index (χ1n) is 5.84. The number of nitrogens with one attached hydrogen (secondary N) is 2. The van der Waals surface area contributed by atoms with Crippen molar-refractivity contribution >= 4 is 38.9 Å². The van der Waals surface area contributed by atoms with Gasteiger partial charge < -0.3 is 15.5 Å². The SMILES string of the molecule is CNc1ncnc(Nc2ccc(N(C)C)cc2)c1Br. The molecular weight excluding hydrogens is 306 g/mol. The molecule has 100 valence electrons. The van der Waals surface area contributed by atoms with Crippen LogP contribution in [-0.2, 0) is 0 Å². The molecule has 0 saturated heterocycles. The first-order valence-corrected chi connectivity index (χ1v) is 6.63. The van der Waals surface area contributed by atoms with Crippen LogP contribution in [0.4, 0.5) is 23.0 Å². The summed E-state index contributed by atoms with van der Waals surface area (Å²) in [6.07, 6.45) is 1.52. The van der Waals surface area contributed by atoms with Gasteiger partial charge in [0.1, 0.15) is 22.4 Å². The van der Waals surface area contributed by atoms with Crippen molar-refractivity contribution in [2.45, 2.75) is 0 Å². The second-order valence-electron chi connectivity index (χ2n) is 4.20. The van der Waals surface area contributed by atoms with E-state index in [0.29, 0.717) is 0 Å². The second-order valence-corrected chi connectivity index (χ2v) is 4.99. The Kier molecular flexibility index (Phi) is 4.21. The third-order valence-corrected chi connectivity index (χ3v) is 3.42. The molecule has 0 unspecified atom stereocenters. The molecule has 0 aliphatic carbocycles. The van der Waals surface area contributed by atoms with Crippen LogP contribution in [0, 0.1) is 0 Å². The van der Waals surface area contributed by atoms with Crippen molar-refractivity contribution in [3.05, 3.63) is 35.1 Å². The van der Waals surface area contributed by atoms with Crippen LogP contribution >= 0.6 is 15.9 Å². The van der Waals surface area contributed by atoms with E-state index < -0.39 is 0 Å². The van der Waals surface area contributed by atoms with E-state index in [1.807, 2.05) is 33.3 Å². The van der Waals surface area contributed by atoms with E-state index in [1.54, 1.807) is 0 Å². The lowest BCUT2D eigenvalue weighted by molar-refractivity contribution is 1.13. The first-order chi connectivity index (χ1) is 9.11. The number of halogens is 1. The van der Waals surface area contributed by atoms with Crippen LogP contribution in [0.2, 0.25) is 0 Å². The number of nitrogens with zero attached hydrogens (tertiary/aromatic N) is 3. The molecule has 1 aromatic carbocycles. The van der Waals surface area contributed by atoms with Gasteiger partial charge in [-0.3, -0.25) is 0 Å². The molecule has 2 rings (SSSR count). The zero-order valence-corrected chi connectivity index (χ0v) is 12.7. The minimum Gasteiger partial charge on any atom is -0.378 e. The molecule has 19 heavy (non-hydrogen) atoms. The minimum atomic E-state index is 0.733. The van der Waals surface area contributed by atoms with E-state index in [-0.39, 0.29) is 0 Å². The molecule has 1 heterocycles. The lowest BCUT2D eigenvalue weighted by atomic mass is 10.2. The molecule has 0 aliphatic heterocycles. The zero-order chi connectivity index (χ0) is 13.8. The van der Waals surface area contributed by atoms with Gasteiger partial charge in [0.05, 0.1) is 0 Å². The maximum Gasteiger partial charge on any atom is 0.150 e. The van der Waals surface area contributed by atoms with Crippen LogP contribution in [0.1, 0.15) is 0 Å². The van der Waals surface area contributed by atoms with Gasteiger partial charge in [0, 0.05) is 32.5 Å². The molecule has 0 fully saturated rings. The molecule has 0 spiro atoms. The summed E-state index contributed by atoms with van der Waals surface area (Å²) in [6.45, 7) is 0. The molecule has 1 aromatic heterocycles. The van der Waals surface area contributed by atoms with Crippen LogP contribution in [0.15, 0.2) is 35.1 Å². The Labute approximate surface area is 121 Å². The predicted molar refractivity (Wildman–Crippen MR) is 83.3 cm³/mol. The van der Waals surface area contributed by atoms with Gasteiger partial charge in [0.15, 0.2) is 0 Å². The van der Waals surface area contributed by atoms with Gasteiger partial charge >= 0.3 is 0 Å². The van der Waals surface area contributed by atoms with Crippen molar-refractivity contribution in [3.8, 4) is 0 Å². The van der Waals surface area contributed by atoms with Crippen molar-refractivity contribution < 1.29 is 0 Å². The number of rotatable bonds is 4. The largest absolute Gasteiger partial charge is 0.378 e. The van der Waals surface area contributed by atoms with Crippen molar-refractivity contribution in [3.63, 3.8) is 0 Å². The highest BCUT2D eigenvalue weighted by atomic mass is 79.9. The van der Waals surface area contributed by atoms with Crippen LogP contribution in [-0.4, -0.2) is 31.1 Å². The lowest BCUT2D eigenvalue weighted by Gasteiger charge is -2.14. The summed E-state index contributed by atoms with van der Waals surface area (Å²) in [5.74, 6) is 1.49.